The van der Waals surface area contributed by atoms with E-state index in [1.54, 1.807) is 17.0 Å². The Kier molecular flexibility index (Phi) is 4.36. The van der Waals surface area contributed by atoms with E-state index in [-0.39, 0.29) is 48.1 Å². The summed E-state index contributed by atoms with van der Waals surface area (Å²) in [6.07, 6.45) is 6.38. The Morgan fingerprint density at radius 3 is 2.06 bits per heavy atom. The Morgan fingerprint density at radius 2 is 1.50 bits per heavy atom. The number of rotatable bonds is 5. The number of likely N-dealkylation sites (tertiary alicyclic amines) is 1. The standard InChI is InChI=1S/C27H26N2O3/c1-2-16-8-10-18(11-9-16)28(25(30)17-6-4-3-5-7-17)15-29-26(31)23-19-12-13-20(22-14-21(19)22)24(23)27(29)32/h3-13,19-24H,2,14-15H2,1H3/t19-,20-,21-,22+,23+,24+/m0/s1. The van der Waals surface area contributed by atoms with Crippen LogP contribution in [0.25, 0.3) is 0 Å². The third kappa shape index (κ3) is 2.80. The van der Waals surface area contributed by atoms with Crippen molar-refractivity contribution in [3.8, 4) is 0 Å². The normalized spacial score (nSPS) is 31.5. The fourth-order valence-electron chi connectivity index (χ4n) is 6.21. The van der Waals surface area contributed by atoms with Crippen molar-refractivity contribution in [3.05, 3.63) is 77.9 Å². The molecule has 3 amide bonds. The van der Waals surface area contributed by atoms with Gasteiger partial charge in [0.1, 0.15) is 6.67 Å². The van der Waals surface area contributed by atoms with Gasteiger partial charge in [-0.3, -0.25) is 24.2 Å². The minimum Gasteiger partial charge on any atom is -0.290 e. The summed E-state index contributed by atoms with van der Waals surface area (Å²) >= 11 is 0. The molecular formula is C27H26N2O3. The second kappa shape index (κ2) is 7.16. The van der Waals surface area contributed by atoms with Crippen LogP contribution in [0.4, 0.5) is 5.69 Å². The van der Waals surface area contributed by atoms with E-state index in [0.717, 1.165) is 12.8 Å². The molecule has 5 heteroatoms. The molecule has 0 N–H and O–H groups in total. The molecule has 3 fully saturated rings. The van der Waals surface area contributed by atoms with Crippen molar-refractivity contribution in [2.24, 2.45) is 35.5 Å². The van der Waals surface area contributed by atoms with Crippen LogP contribution in [0.15, 0.2) is 66.7 Å². The molecule has 5 aliphatic rings. The van der Waals surface area contributed by atoms with E-state index >= 15 is 0 Å². The predicted octanol–water partition coefficient (Wildman–Crippen LogP) is 3.91. The number of imide groups is 1. The van der Waals surface area contributed by atoms with E-state index in [2.05, 4.69) is 19.1 Å². The number of allylic oxidation sites excluding steroid dienone is 2. The van der Waals surface area contributed by atoms with Crippen LogP contribution in [0, 0.1) is 35.5 Å². The molecule has 2 aromatic rings. The molecule has 7 rings (SSSR count). The molecule has 4 aliphatic carbocycles. The molecule has 1 saturated heterocycles. The number of anilines is 1. The maximum atomic E-state index is 13.5. The zero-order valence-corrected chi connectivity index (χ0v) is 18.1. The number of nitrogens with zero attached hydrogens (tertiary/aromatic N) is 2. The van der Waals surface area contributed by atoms with Gasteiger partial charge in [0.25, 0.3) is 5.91 Å². The lowest BCUT2D eigenvalue weighted by atomic mass is 9.63. The Morgan fingerprint density at radius 1 is 0.906 bits per heavy atom. The maximum absolute atomic E-state index is 13.5. The molecule has 2 saturated carbocycles. The number of hydrogen-bond donors (Lipinski definition) is 0. The Bertz CT molecular complexity index is 1090. The van der Waals surface area contributed by atoms with Gasteiger partial charge in [0.2, 0.25) is 11.8 Å². The average molecular weight is 427 g/mol. The fraction of sp³-hybridized carbons (Fsp3) is 0.370. The van der Waals surface area contributed by atoms with Gasteiger partial charge in [-0.05, 0) is 66.3 Å². The molecule has 2 bridgehead atoms. The molecule has 0 radical (unpaired) electrons. The lowest BCUT2D eigenvalue weighted by Gasteiger charge is -2.37. The molecule has 1 aliphatic heterocycles. The molecule has 32 heavy (non-hydrogen) atoms. The van der Waals surface area contributed by atoms with E-state index in [1.165, 1.54) is 10.5 Å². The van der Waals surface area contributed by atoms with Crippen molar-refractivity contribution in [2.75, 3.05) is 11.6 Å². The molecule has 6 atom stereocenters. The lowest BCUT2D eigenvalue weighted by molar-refractivity contribution is -0.140. The molecule has 0 spiro atoms. The number of benzene rings is 2. The van der Waals surface area contributed by atoms with E-state index in [0.29, 0.717) is 23.1 Å². The van der Waals surface area contributed by atoms with Crippen LogP contribution in [-0.2, 0) is 16.0 Å². The third-order valence-electron chi connectivity index (χ3n) is 7.96. The minimum atomic E-state index is -0.252. The maximum Gasteiger partial charge on any atom is 0.259 e. The summed E-state index contributed by atoms with van der Waals surface area (Å²) < 4.78 is 0. The molecule has 5 nitrogen and oxygen atoms in total. The number of carbonyl (C=O) groups is 3. The molecule has 0 aromatic heterocycles. The summed E-state index contributed by atoms with van der Waals surface area (Å²) in [5.74, 6) is 0.542. The lowest BCUT2D eigenvalue weighted by Crippen LogP contribution is -2.45. The van der Waals surface area contributed by atoms with E-state index in [9.17, 15) is 14.4 Å². The number of carbonyl (C=O) groups excluding carboxylic acids is 3. The highest BCUT2D eigenvalue weighted by Gasteiger charge is 2.67. The van der Waals surface area contributed by atoms with Crippen molar-refractivity contribution in [1.82, 2.24) is 4.90 Å². The zero-order chi connectivity index (χ0) is 22.0. The molecule has 0 unspecified atom stereocenters. The first-order chi connectivity index (χ1) is 15.6. The van der Waals surface area contributed by atoms with Crippen molar-refractivity contribution in [2.45, 2.75) is 19.8 Å². The second-order valence-corrected chi connectivity index (χ2v) is 9.52. The summed E-state index contributed by atoms with van der Waals surface area (Å²) in [6, 6.07) is 16.8. The first-order valence-electron chi connectivity index (χ1n) is 11.6. The SMILES string of the molecule is CCc1ccc(N(CN2C(=O)[C@@H]3[C@H]4C=C[C@@H]([C@@H]5C[C@H]45)[C@H]3C2=O)C(=O)c2ccccc2)cc1. The van der Waals surface area contributed by atoms with E-state index in [1.807, 2.05) is 42.5 Å². The Balaban J connectivity index is 1.33. The van der Waals surface area contributed by atoms with Gasteiger partial charge in [0.15, 0.2) is 0 Å². The average Bonchev–Trinajstić information content (AvgIpc) is 3.63. The van der Waals surface area contributed by atoms with Crippen LogP contribution in [0.2, 0.25) is 0 Å². The molecule has 2 aromatic carbocycles. The Hall–Kier alpha value is -3.21. The van der Waals surface area contributed by atoms with Crippen LogP contribution in [0.1, 0.15) is 29.3 Å². The highest BCUT2D eigenvalue weighted by Crippen LogP contribution is 2.65. The van der Waals surface area contributed by atoms with Gasteiger partial charge in [0, 0.05) is 11.3 Å². The largest absolute Gasteiger partial charge is 0.290 e. The quantitative estimate of drug-likeness (QED) is 0.538. The van der Waals surface area contributed by atoms with Crippen LogP contribution in [0.5, 0.6) is 0 Å². The zero-order valence-electron chi connectivity index (χ0n) is 18.1. The van der Waals surface area contributed by atoms with Crippen LogP contribution < -0.4 is 4.90 Å². The van der Waals surface area contributed by atoms with Gasteiger partial charge in [-0.1, -0.05) is 49.4 Å². The summed E-state index contributed by atoms with van der Waals surface area (Å²) in [7, 11) is 0. The second-order valence-electron chi connectivity index (χ2n) is 9.52. The van der Waals surface area contributed by atoms with Crippen LogP contribution >= 0.6 is 0 Å². The van der Waals surface area contributed by atoms with Crippen LogP contribution in [-0.4, -0.2) is 29.3 Å². The summed E-state index contributed by atoms with van der Waals surface area (Å²) in [5, 5.41) is 0. The van der Waals surface area contributed by atoms with Gasteiger partial charge >= 0.3 is 0 Å². The predicted molar refractivity (Wildman–Crippen MR) is 120 cm³/mol. The number of amides is 3. The van der Waals surface area contributed by atoms with Crippen molar-refractivity contribution in [1.29, 1.82) is 0 Å². The number of hydrogen-bond acceptors (Lipinski definition) is 3. The first-order valence-corrected chi connectivity index (χ1v) is 11.6. The van der Waals surface area contributed by atoms with Crippen LogP contribution in [0.3, 0.4) is 0 Å². The van der Waals surface area contributed by atoms with Gasteiger partial charge < -0.3 is 0 Å². The highest BCUT2D eigenvalue weighted by molar-refractivity contribution is 6.09. The molecule has 1 heterocycles. The van der Waals surface area contributed by atoms with E-state index in [4.69, 9.17) is 0 Å². The fourth-order valence-corrected chi connectivity index (χ4v) is 6.21. The molecule has 162 valence electrons. The topological polar surface area (TPSA) is 57.7 Å². The van der Waals surface area contributed by atoms with Crippen molar-refractivity contribution >= 4 is 23.4 Å². The monoisotopic (exact) mass is 426 g/mol. The number of aryl methyl sites for hydroxylation is 1. The third-order valence-corrected chi connectivity index (χ3v) is 7.96. The van der Waals surface area contributed by atoms with Gasteiger partial charge in [-0.15, -0.1) is 0 Å². The molecular weight excluding hydrogens is 400 g/mol. The van der Waals surface area contributed by atoms with Gasteiger partial charge in [-0.2, -0.15) is 0 Å². The summed E-state index contributed by atoms with van der Waals surface area (Å²) in [5.41, 5.74) is 2.39. The van der Waals surface area contributed by atoms with E-state index < -0.39 is 0 Å². The van der Waals surface area contributed by atoms with Gasteiger partial charge in [-0.25, -0.2) is 0 Å². The smallest absolute Gasteiger partial charge is 0.259 e. The highest BCUT2D eigenvalue weighted by atomic mass is 16.2. The van der Waals surface area contributed by atoms with Crippen molar-refractivity contribution in [3.63, 3.8) is 0 Å². The minimum absolute atomic E-state index is 0.0430. The summed E-state index contributed by atoms with van der Waals surface area (Å²) in [6.45, 7) is 2.04. The van der Waals surface area contributed by atoms with Gasteiger partial charge in [0.05, 0.1) is 11.8 Å². The Labute approximate surface area is 187 Å². The van der Waals surface area contributed by atoms with Crippen molar-refractivity contribution < 1.29 is 14.4 Å². The first kappa shape index (κ1) is 19.5. The summed E-state index contributed by atoms with van der Waals surface area (Å²) in [4.78, 5) is 43.3.